The van der Waals surface area contributed by atoms with Gasteiger partial charge in [-0.25, -0.2) is 9.48 Å². The first-order valence-corrected chi connectivity index (χ1v) is 7.47. The van der Waals surface area contributed by atoms with Crippen LogP contribution in [0.5, 0.6) is 0 Å². The molecule has 0 amide bonds. The van der Waals surface area contributed by atoms with Crippen LogP contribution >= 0.6 is 0 Å². The van der Waals surface area contributed by atoms with Crippen LogP contribution in [-0.4, -0.2) is 54.6 Å². The van der Waals surface area contributed by atoms with Crippen LogP contribution in [0.2, 0.25) is 0 Å². The zero-order valence-electron chi connectivity index (χ0n) is 14.2. The molecule has 0 aromatic carbocycles. The normalized spacial score (nSPS) is 10.9. The lowest BCUT2D eigenvalue weighted by atomic mass is 10.3. The first kappa shape index (κ1) is 23.6. The van der Waals surface area contributed by atoms with E-state index in [1.807, 2.05) is 30.4 Å². The maximum atomic E-state index is 4.77. The van der Waals surface area contributed by atoms with Crippen molar-refractivity contribution in [1.29, 1.82) is 0 Å². The third kappa shape index (κ3) is 7.44. The molecule has 0 atom stereocenters. The van der Waals surface area contributed by atoms with Gasteiger partial charge in [-0.3, -0.25) is 0 Å². The van der Waals surface area contributed by atoms with Gasteiger partial charge in [0.2, 0.25) is 0 Å². The highest BCUT2D eigenvalue weighted by molar-refractivity contribution is 5.74. The molecule has 0 rings (SSSR count). The molecule has 0 aliphatic rings. The van der Waals surface area contributed by atoms with Crippen LogP contribution in [0.4, 0.5) is 0 Å². The van der Waals surface area contributed by atoms with Gasteiger partial charge in [0.1, 0.15) is 19.6 Å². The van der Waals surface area contributed by atoms with Crippen molar-refractivity contribution in [3.63, 3.8) is 0 Å². The number of guanidine groups is 1. The summed E-state index contributed by atoms with van der Waals surface area (Å²) in [5, 5.41) is 0. The Morgan fingerprint density at radius 1 is 0.739 bits per heavy atom. The average Bonchev–Trinajstić information content (AvgIpc) is 2.49. The van der Waals surface area contributed by atoms with E-state index in [2.05, 4.69) is 44.4 Å². The Labute approximate surface area is 152 Å². The van der Waals surface area contributed by atoms with Crippen LogP contribution in [0.25, 0.3) is 0 Å². The fourth-order valence-corrected chi connectivity index (χ4v) is 2.46. The van der Waals surface area contributed by atoms with E-state index in [1.54, 1.807) is 6.08 Å². The highest BCUT2D eigenvalue weighted by Crippen LogP contribution is 2.15. The molecule has 3 nitrogen and oxygen atoms in total. The van der Waals surface area contributed by atoms with Gasteiger partial charge >= 0.3 is 5.96 Å². The van der Waals surface area contributed by atoms with E-state index < -0.39 is 0 Å². The van der Waals surface area contributed by atoms with Gasteiger partial charge in [0.05, 0.1) is 6.54 Å². The van der Waals surface area contributed by atoms with Gasteiger partial charge in [-0.15, -0.1) is 19.7 Å². The second-order valence-electron chi connectivity index (χ2n) is 4.97. The second kappa shape index (κ2) is 14.0. The molecule has 4 heteroatoms. The molecule has 0 saturated heterocycles. The number of aliphatic imine (C=N–C) groups is 1. The van der Waals surface area contributed by atoms with E-state index in [9.17, 15) is 0 Å². The molecular weight excluding hydrogens is 350 g/mol. The SMILES string of the molecule is C=CC/N=C(\N(CC=C)CC=C)[N+](CC=C)(CC=C)CC=C.[Br-]. The van der Waals surface area contributed by atoms with Gasteiger partial charge in [-0.1, -0.05) is 38.0 Å². The minimum Gasteiger partial charge on any atom is -1.00 e. The summed E-state index contributed by atoms with van der Waals surface area (Å²) in [6, 6.07) is 0. The van der Waals surface area contributed by atoms with Crippen molar-refractivity contribution in [2.75, 3.05) is 39.3 Å². The Morgan fingerprint density at radius 2 is 1.17 bits per heavy atom. The number of halogens is 1. The van der Waals surface area contributed by atoms with Crippen molar-refractivity contribution in [1.82, 2.24) is 4.90 Å². The van der Waals surface area contributed by atoms with Gasteiger partial charge < -0.3 is 21.9 Å². The minimum absolute atomic E-state index is 0. The number of hydrogen-bond donors (Lipinski definition) is 0. The number of hydrogen-bond acceptors (Lipinski definition) is 1. The fraction of sp³-hybridized carbons (Fsp3) is 0.316. The van der Waals surface area contributed by atoms with Crippen molar-refractivity contribution in [2.24, 2.45) is 4.99 Å². The van der Waals surface area contributed by atoms with E-state index in [1.165, 1.54) is 0 Å². The first-order valence-electron chi connectivity index (χ1n) is 7.47. The molecule has 0 aromatic rings. The van der Waals surface area contributed by atoms with Crippen LogP contribution in [-0.2, 0) is 0 Å². The van der Waals surface area contributed by atoms with Crippen LogP contribution < -0.4 is 17.0 Å². The molecule has 23 heavy (non-hydrogen) atoms. The summed E-state index contributed by atoms with van der Waals surface area (Å²) in [6.07, 6.45) is 11.3. The summed E-state index contributed by atoms with van der Waals surface area (Å²) in [7, 11) is 0. The Balaban J connectivity index is 0. The zero-order valence-corrected chi connectivity index (χ0v) is 15.8. The molecule has 0 spiro atoms. The van der Waals surface area contributed by atoms with Crippen LogP contribution in [0, 0.1) is 0 Å². The molecule has 0 aliphatic carbocycles. The summed E-state index contributed by atoms with van der Waals surface area (Å²) >= 11 is 0. The van der Waals surface area contributed by atoms with E-state index in [0.29, 0.717) is 24.1 Å². The van der Waals surface area contributed by atoms with Crippen LogP contribution in [0.15, 0.2) is 80.9 Å². The number of rotatable bonds is 12. The van der Waals surface area contributed by atoms with Crippen LogP contribution in [0.3, 0.4) is 0 Å². The van der Waals surface area contributed by atoms with Gasteiger partial charge in [-0.05, 0) is 18.2 Å². The summed E-state index contributed by atoms with van der Waals surface area (Å²) in [5.41, 5.74) is 0. The zero-order chi connectivity index (χ0) is 16.8. The van der Waals surface area contributed by atoms with E-state index in [-0.39, 0.29) is 17.0 Å². The Hall–Kier alpha value is -1.65. The molecule has 0 N–H and O–H groups in total. The average molecular weight is 380 g/mol. The largest absolute Gasteiger partial charge is 1.00 e. The highest BCUT2D eigenvalue weighted by Gasteiger charge is 2.34. The standard InChI is InChI=1S/C19H30N3.BrH/c1-7-13-20-19(21(14-8-2)15-9-3)22(16-10-4,17-11-5)18-12-6;/h7-12H,1-6,13-18H2;1H/q+1;/p-1/b20-19+;. The first-order chi connectivity index (χ1) is 10.7. The molecule has 0 fully saturated rings. The van der Waals surface area contributed by atoms with Gasteiger partial charge in [0.15, 0.2) is 0 Å². The third-order valence-corrected chi connectivity index (χ3v) is 3.20. The topological polar surface area (TPSA) is 15.6 Å². The molecule has 0 aliphatic heterocycles. The molecule has 0 saturated carbocycles. The van der Waals surface area contributed by atoms with Gasteiger partial charge in [0, 0.05) is 13.1 Å². The van der Waals surface area contributed by atoms with Gasteiger partial charge in [-0.2, -0.15) is 0 Å². The lowest BCUT2D eigenvalue weighted by molar-refractivity contribution is -0.828. The summed E-state index contributed by atoms with van der Waals surface area (Å²) in [4.78, 5) is 6.93. The lowest BCUT2D eigenvalue weighted by Gasteiger charge is -2.40. The lowest BCUT2D eigenvalue weighted by Crippen LogP contribution is -3.00. The second-order valence-corrected chi connectivity index (χ2v) is 4.97. The van der Waals surface area contributed by atoms with Gasteiger partial charge in [0.25, 0.3) is 0 Å². The molecule has 0 bridgehead atoms. The molecule has 128 valence electrons. The summed E-state index contributed by atoms with van der Waals surface area (Å²) in [5.74, 6) is 0.958. The van der Waals surface area contributed by atoms with Crippen molar-refractivity contribution in [3.05, 3.63) is 75.9 Å². The van der Waals surface area contributed by atoms with Crippen molar-refractivity contribution in [2.45, 2.75) is 0 Å². The molecule has 0 aromatic heterocycles. The monoisotopic (exact) mass is 379 g/mol. The van der Waals surface area contributed by atoms with E-state index >= 15 is 0 Å². The minimum atomic E-state index is 0. The van der Waals surface area contributed by atoms with Crippen molar-refractivity contribution in [3.8, 4) is 0 Å². The van der Waals surface area contributed by atoms with Crippen LogP contribution in [0.1, 0.15) is 0 Å². The number of nitrogens with zero attached hydrogens (tertiary/aromatic N) is 3. The van der Waals surface area contributed by atoms with Crippen molar-refractivity contribution >= 4 is 5.96 Å². The Morgan fingerprint density at radius 3 is 1.48 bits per heavy atom. The molecule has 0 radical (unpaired) electrons. The predicted molar refractivity (Wildman–Crippen MR) is 99.9 cm³/mol. The third-order valence-electron chi connectivity index (χ3n) is 3.20. The maximum absolute atomic E-state index is 4.77. The number of quaternary nitrogens is 1. The smallest absolute Gasteiger partial charge is 0.301 e. The molecular formula is C19H30BrN3. The highest BCUT2D eigenvalue weighted by atomic mass is 79.9. The Bertz CT molecular complexity index is 401. The van der Waals surface area contributed by atoms with Crippen molar-refractivity contribution < 1.29 is 21.5 Å². The predicted octanol–water partition coefficient (Wildman–Crippen LogP) is 0.581. The maximum Gasteiger partial charge on any atom is 0.301 e. The quantitative estimate of drug-likeness (QED) is 0.209. The Kier molecular flexibility index (Phi) is 14.3. The summed E-state index contributed by atoms with van der Waals surface area (Å²) in [6.45, 7) is 27.4. The van der Waals surface area contributed by atoms with E-state index in [0.717, 1.165) is 25.6 Å². The van der Waals surface area contributed by atoms with E-state index in [4.69, 9.17) is 4.99 Å². The fourth-order valence-electron chi connectivity index (χ4n) is 2.46. The molecule has 0 unspecified atom stereocenters. The summed E-state index contributed by atoms with van der Waals surface area (Å²) < 4.78 is 0.603. The molecule has 0 heterocycles.